The number of amides is 2. The Morgan fingerprint density at radius 3 is 2.33 bits per heavy atom. The molecule has 3 nitrogen and oxygen atoms in total. The number of terminal acetylenes is 1. The molecule has 1 saturated carbocycles. The monoisotopic (exact) mass is 281 g/mol. The van der Waals surface area contributed by atoms with E-state index in [2.05, 4.69) is 5.92 Å². The molecular formula is C18H19NO2. The van der Waals surface area contributed by atoms with Crippen molar-refractivity contribution in [3.63, 3.8) is 0 Å². The van der Waals surface area contributed by atoms with Gasteiger partial charge in [-0.3, -0.25) is 14.5 Å². The van der Waals surface area contributed by atoms with Gasteiger partial charge in [0.15, 0.2) is 0 Å². The molecule has 2 amide bonds. The first kappa shape index (κ1) is 13.9. The second-order valence-corrected chi connectivity index (χ2v) is 6.23. The molecular weight excluding hydrogens is 262 g/mol. The largest absolute Gasteiger partial charge is 0.274 e. The van der Waals surface area contributed by atoms with Crippen LogP contribution in [0.15, 0.2) is 24.3 Å². The fourth-order valence-electron chi connectivity index (χ4n) is 3.68. The van der Waals surface area contributed by atoms with Gasteiger partial charge >= 0.3 is 0 Å². The van der Waals surface area contributed by atoms with Crippen molar-refractivity contribution < 1.29 is 9.59 Å². The summed E-state index contributed by atoms with van der Waals surface area (Å²) in [6.07, 6.45) is 11.9. The highest BCUT2D eigenvalue weighted by Gasteiger charge is 2.44. The lowest BCUT2D eigenvalue weighted by atomic mass is 9.67. The lowest BCUT2D eigenvalue weighted by molar-refractivity contribution is -0.134. The minimum absolute atomic E-state index is 0.0767. The van der Waals surface area contributed by atoms with Crippen LogP contribution in [0.2, 0.25) is 0 Å². The van der Waals surface area contributed by atoms with Gasteiger partial charge in [-0.1, -0.05) is 31.2 Å². The first-order valence-electron chi connectivity index (χ1n) is 7.56. The smallest absolute Gasteiger partial charge is 0.234 e. The molecule has 21 heavy (non-hydrogen) atoms. The standard InChI is InChI=1S/C18H19NO2/c1-2-14-7-6-8-15(11-14)19-16(20)12-18(13-17(19)21)9-4-3-5-10-18/h1,6-8,11H,3-5,9-10,12-13H2. The van der Waals surface area contributed by atoms with Crippen LogP contribution in [-0.4, -0.2) is 11.8 Å². The predicted molar refractivity (Wildman–Crippen MR) is 81.6 cm³/mol. The van der Waals surface area contributed by atoms with Crippen molar-refractivity contribution >= 4 is 17.5 Å². The van der Waals surface area contributed by atoms with Gasteiger partial charge < -0.3 is 0 Å². The van der Waals surface area contributed by atoms with Crippen LogP contribution in [0.4, 0.5) is 5.69 Å². The van der Waals surface area contributed by atoms with Gasteiger partial charge in [-0.25, -0.2) is 0 Å². The van der Waals surface area contributed by atoms with Gasteiger partial charge in [0.1, 0.15) is 0 Å². The molecule has 2 fully saturated rings. The van der Waals surface area contributed by atoms with Gasteiger partial charge in [-0.05, 0) is 36.5 Å². The second-order valence-electron chi connectivity index (χ2n) is 6.23. The average Bonchev–Trinajstić information content (AvgIpc) is 2.47. The third-order valence-electron chi connectivity index (χ3n) is 4.74. The van der Waals surface area contributed by atoms with Crippen molar-refractivity contribution in [2.75, 3.05) is 4.90 Å². The highest BCUT2D eigenvalue weighted by molar-refractivity contribution is 6.17. The molecule has 0 bridgehead atoms. The minimum Gasteiger partial charge on any atom is -0.274 e. The minimum atomic E-state index is -0.0812. The summed E-state index contributed by atoms with van der Waals surface area (Å²) in [7, 11) is 0. The molecule has 0 N–H and O–H groups in total. The summed E-state index contributed by atoms with van der Waals surface area (Å²) in [5.41, 5.74) is 1.21. The molecule has 2 aliphatic rings. The second kappa shape index (κ2) is 5.37. The van der Waals surface area contributed by atoms with Gasteiger partial charge in [0.05, 0.1) is 5.69 Å². The van der Waals surface area contributed by atoms with E-state index >= 15 is 0 Å². The van der Waals surface area contributed by atoms with E-state index in [0.717, 1.165) is 25.7 Å². The van der Waals surface area contributed by atoms with Crippen LogP contribution in [0.5, 0.6) is 0 Å². The number of imide groups is 1. The summed E-state index contributed by atoms with van der Waals surface area (Å²) >= 11 is 0. The quantitative estimate of drug-likeness (QED) is 0.585. The lowest BCUT2D eigenvalue weighted by Gasteiger charge is -2.42. The summed E-state index contributed by atoms with van der Waals surface area (Å²) < 4.78 is 0. The molecule has 0 aromatic heterocycles. The first-order chi connectivity index (χ1) is 10.1. The highest BCUT2D eigenvalue weighted by atomic mass is 16.2. The van der Waals surface area contributed by atoms with Crippen molar-refractivity contribution in [2.45, 2.75) is 44.9 Å². The molecule has 0 unspecified atom stereocenters. The molecule has 0 radical (unpaired) electrons. The average molecular weight is 281 g/mol. The Hall–Kier alpha value is -2.08. The maximum absolute atomic E-state index is 12.5. The number of hydrogen-bond acceptors (Lipinski definition) is 2. The Morgan fingerprint density at radius 2 is 1.71 bits per heavy atom. The number of anilines is 1. The van der Waals surface area contributed by atoms with Crippen LogP contribution in [0.25, 0.3) is 0 Å². The van der Waals surface area contributed by atoms with Crippen LogP contribution in [-0.2, 0) is 9.59 Å². The van der Waals surface area contributed by atoms with Gasteiger partial charge in [0.2, 0.25) is 11.8 Å². The number of rotatable bonds is 1. The zero-order chi connectivity index (χ0) is 14.9. The third kappa shape index (κ3) is 2.58. The molecule has 1 aromatic carbocycles. The molecule has 0 atom stereocenters. The van der Waals surface area contributed by atoms with E-state index in [1.807, 2.05) is 0 Å². The van der Waals surface area contributed by atoms with Gasteiger partial charge in [0.25, 0.3) is 0 Å². The van der Waals surface area contributed by atoms with E-state index in [1.54, 1.807) is 24.3 Å². The van der Waals surface area contributed by atoms with Crippen molar-refractivity contribution in [2.24, 2.45) is 5.41 Å². The topological polar surface area (TPSA) is 37.4 Å². The Bertz CT molecular complexity index is 600. The van der Waals surface area contributed by atoms with Crippen LogP contribution in [0.3, 0.4) is 0 Å². The number of piperidine rings is 1. The van der Waals surface area contributed by atoms with E-state index < -0.39 is 0 Å². The molecule has 3 heteroatoms. The van der Waals surface area contributed by atoms with E-state index in [0.29, 0.717) is 24.1 Å². The highest BCUT2D eigenvalue weighted by Crippen LogP contribution is 2.46. The van der Waals surface area contributed by atoms with E-state index in [-0.39, 0.29) is 17.2 Å². The number of carbonyl (C=O) groups excluding carboxylic acids is 2. The van der Waals surface area contributed by atoms with Crippen LogP contribution >= 0.6 is 0 Å². The summed E-state index contributed by atoms with van der Waals surface area (Å²) in [4.78, 5) is 26.4. The normalized spacial score (nSPS) is 21.4. The Morgan fingerprint density at radius 1 is 1.05 bits per heavy atom. The van der Waals surface area contributed by atoms with E-state index in [4.69, 9.17) is 6.42 Å². The maximum Gasteiger partial charge on any atom is 0.234 e. The summed E-state index contributed by atoms with van der Waals surface area (Å²) in [6, 6.07) is 7.09. The Labute approximate surface area is 125 Å². The predicted octanol–water partition coefficient (Wildman–Crippen LogP) is 3.27. The first-order valence-corrected chi connectivity index (χ1v) is 7.56. The number of hydrogen-bond donors (Lipinski definition) is 0. The summed E-state index contributed by atoms with van der Waals surface area (Å²) in [5, 5.41) is 0. The molecule has 1 aliphatic carbocycles. The molecule has 3 rings (SSSR count). The third-order valence-corrected chi connectivity index (χ3v) is 4.74. The number of benzene rings is 1. The lowest BCUT2D eigenvalue weighted by Crippen LogP contribution is -2.48. The molecule has 1 spiro atoms. The molecule has 1 aliphatic heterocycles. The molecule has 108 valence electrons. The van der Waals surface area contributed by atoms with Crippen molar-refractivity contribution in [1.29, 1.82) is 0 Å². The van der Waals surface area contributed by atoms with E-state index in [1.165, 1.54) is 11.3 Å². The summed E-state index contributed by atoms with van der Waals surface area (Å²) in [6.45, 7) is 0. The van der Waals surface area contributed by atoms with Crippen LogP contribution in [0.1, 0.15) is 50.5 Å². The molecule has 1 heterocycles. The zero-order valence-corrected chi connectivity index (χ0v) is 12.1. The fraction of sp³-hybridized carbons (Fsp3) is 0.444. The number of nitrogens with zero attached hydrogens (tertiary/aromatic N) is 1. The van der Waals surface area contributed by atoms with Crippen LogP contribution < -0.4 is 4.90 Å². The Kier molecular flexibility index (Phi) is 3.55. The maximum atomic E-state index is 12.5. The molecule has 1 aromatic rings. The number of carbonyl (C=O) groups is 2. The van der Waals surface area contributed by atoms with E-state index in [9.17, 15) is 9.59 Å². The summed E-state index contributed by atoms with van der Waals surface area (Å²) in [5.74, 6) is 2.38. The molecule has 1 saturated heterocycles. The van der Waals surface area contributed by atoms with Crippen LogP contribution in [0, 0.1) is 17.8 Å². The Balaban J connectivity index is 1.87. The zero-order valence-electron chi connectivity index (χ0n) is 12.1. The van der Waals surface area contributed by atoms with Crippen molar-refractivity contribution in [3.8, 4) is 12.3 Å². The fourth-order valence-corrected chi connectivity index (χ4v) is 3.68. The van der Waals surface area contributed by atoms with Gasteiger partial charge in [-0.2, -0.15) is 0 Å². The SMILES string of the molecule is C#Cc1cccc(N2C(=O)CC3(CCCCC3)CC2=O)c1. The van der Waals surface area contributed by atoms with Crippen molar-refractivity contribution in [3.05, 3.63) is 29.8 Å². The van der Waals surface area contributed by atoms with Gasteiger partial charge in [0, 0.05) is 18.4 Å². The van der Waals surface area contributed by atoms with Gasteiger partial charge in [-0.15, -0.1) is 6.42 Å². The van der Waals surface area contributed by atoms with Crippen molar-refractivity contribution in [1.82, 2.24) is 0 Å².